The summed E-state index contributed by atoms with van der Waals surface area (Å²) in [6.07, 6.45) is 21.0. The van der Waals surface area contributed by atoms with Crippen LogP contribution in [0.4, 0.5) is 0 Å². The topological polar surface area (TPSA) is 26.3 Å². The smallest absolute Gasteiger partial charge is 0.305 e. The molecule has 0 aromatic rings. The van der Waals surface area contributed by atoms with Gasteiger partial charge in [-0.2, -0.15) is 0 Å². The average Bonchev–Trinajstić information content (AvgIpc) is 2.51. The van der Waals surface area contributed by atoms with Gasteiger partial charge in [-0.25, -0.2) is 0 Å². The number of carbonyl (C=O) groups is 1. The van der Waals surface area contributed by atoms with Crippen molar-refractivity contribution in [2.45, 2.75) is 117 Å². The van der Waals surface area contributed by atoms with E-state index in [1.165, 1.54) is 89.9 Å². The minimum atomic E-state index is -0.0304. The normalized spacial score (nSPS) is 10.3. The van der Waals surface area contributed by atoms with Crippen LogP contribution in [0.2, 0.25) is 0 Å². The fraction of sp³-hybridized carbons (Fsp3) is 0.950. The van der Waals surface area contributed by atoms with E-state index in [9.17, 15) is 4.79 Å². The van der Waals surface area contributed by atoms with E-state index in [0.717, 1.165) is 6.42 Å². The largest absolute Gasteiger partial charge is 0.466 e. The van der Waals surface area contributed by atoms with Gasteiger partial charge in [-0.15, -0.1) is 0 Å². The van der Waals surface area contributed by atoms with Crippen LogP contribution in [0.25, 0.3) is 0 Å². The maximum absolute atomic E-state index is 11.2. The molecule has 0 saturated carbocycles. The Morgan fingerprint density at radius 1 is 0.609 bits per heavy atom. The molecule has 0 heterocycles. The van der Waals surface area contributed by atoms with E-state index in [1.807, 2.05) is 6.92 Å². The Hall–Kier alpha value is -0.0105. The van der Waals surface area contributed by atoms with Crippen LogP contribution < -0.4 is 0 Å². The van der Waals surface area contributed by atoms with Crippen LogP contribution in [0.3, 0.4) is 0 Å². The zero-order valence-electron chi connectivity index (χ0n) is 15.7. The van der Waals surface area contributed by atoms with E-state index in [4.69, 9.17) is 4.74 Å². The SMILES string of the molecule is CCCCCCCCCCCCCCCCCC(=O)OCC.[Mn]. The van der Waals surface area contributed by atoms with Crippen LogP contribution in [0.1, 0.15) is 117 Å². The Kier molecular flexibility index (Phi) is 24.1. The molecule has 139 valence electrons. The van der Waals surface area contributed by atoms with Gasteiger partial charge in [0.15, 0.2) is 0 Å². The molecule has 0 bridgehead atoms. The second kappa shape index (κ2) is 22.0. The Labute approximate surface area is 156 Å². The van der Waals surface area contributed by atoms with Crippen LogP contribution in [-0.2, 0) is 26.6 Å². The molecule has 1 radical (unpaired) electrons. The van der Waals surface area contributed by atoms with Crippen molar-refractivity contribution in [3.05, 3.63) is 0 Å². The van der Waals surface area contributed by atoms with Crippen LogP contribution >= 0.6 is 0 Å². The molecule has 0 fully saturated rings. The van der Waals surface area contributed by atoms with Crippen molar-refractivity contribution in [1.82, 2.24) is 0 Å². The third kappa shape index (κ3) is 22.0. The molecule has 0 N–H and O–H groups in total. The summed E-state index contributed by atoms with van der Waals surface area (Å²) in [5.41, 5.74) is 0. The van der Waals surface area contributed by atoms with E-state index in [-0.39, 0.29) is 23.0 Å². The van der Waals surface area contributed by atoms with E-state index >= 15 is 0 Å². The summed E-state index contributed by atoms with van der Waals surface area (Å²) in [6, 6.07) is 0. The quantitative estimate of drug-likeness (QED) is 0.160. The van der Waals surface area contributed by atoms with Crippen molar-refractivity contribution in [2.75, 3.05) is 6.61 Å². The van der Waals surface area contributed by atoms with Gasteiger partial charge in [0, 0.05) is 23.5 Å². The van der Waals surface area contributed by atoms with E-state index in [1.54, 1.807) is 0 Å². The summed E-state index contributed by atoms with van der Waals surface area (Å²) in [6.45, 7) is 4.66. The van der Waals surface area contributed by atoms with Crippen molar-refractivity contribution in [3.8, 4) is 0 Å². The Balaban J connectivity index is 0. The molecule has 0 aliphatic rings. The standard InChI is InChI=1S/C20H40O2.Mn/c1-3-5-6-7-8-9-10-11-12-13-14-15-16-17-18-19-20(21)22-4-2;/h3-19H2,1-2H3;. The second-order valence-corrected chi connectivity index (χ2v) is 6.50. The molecule has 0 amide bonds. The summed E-state index contributed by atoms with van der Waals surface area (Å²) in [5.74, 6) is -0.0304. The van der Waals surface area contributed by atoms with E-state index in [2.05, 4.69) is 6.92 Å². The van der Waals surface area contributed by atoms with Gasteiger partial charge >= 0.3 is 5.97 Å². The van der Waals surface area contributed by atoms with Gasteiger partial charge in [0.05, 0.1) is 6.61 Å². The third-order valence-corrected chi connectivity index (χ3v) is 4.29. The summed E-state index contributed by atoms with van der Waals surface area (Å²) in [5, 5.41) is 0. The van der Waals surface area contributed by atoms with Crippen LogP contribution in [0.15, 0.2) is 0 Å². The monoisotopic (exact) mass is 367 g/mol. The minimum absolute atomic E-state index is 0. The van der Waals surface area contributed by atoms with Gasteiger partial charge in [-0.05, 0) is 13.3 Å². The molecule has 0 rings (SSSR count). The molecule has 0 atom stereocenters. The number of rotatable bonds is 17. The van der Waals surface area contributed by atoms with Crippen molar-refractivity contribution >= 4 is 5.97 Å². The van der Waals surface area contributed by atoms with E-state index in [0.29, 0.717) is 13.0 Å². The first kappa shape index (κ1) is 25.2. The van der Waals surface area contributed by atoms with Gasteiger partial charge in [0.2, 0.25) is 0 Å². The van der Waals surface area contributed by atoms with Crippen molar-refractivity contribution in [3.63, 3.8) is 0 Å². The van der Waals surface area contributed by atoms with Gasteiger partial charge in [-0.1, -0.05) is 96.8 Å². The first-order valence-corrected chi connectivity index (χ1v) is 9.96. The predicted octanol–water partition coefficient (Wildman–Crippen LogP) is 6.81. The Bertz CT molecular complexity index is 232. The number of carbonyl (C=O) groups excluding carboxylic acids is 1. The summed E-state index contributed by atoms with van der Waals surface area (Å²) in [4.78, 5) is 11.2. The van der Waals surface area contributed by atoms with Gasteiger partial charge in [0.1, 0.15) is 0 Å². The van der Waals surface area contributed by atoms with Crippen LogP contribution in [0, 0.1) is 0 Å². The zero-order chi connectivity index (χ0) is 16.3. The molecule has 0 spiro atoms. The zero-order valence-corrected chi connectivity index (χ0v) is 16.9. The summed E-state index contributed by atoms with van der Waals surface area (Å²) < 4.78 is 4.92. The molecule has 23 heavy (non-hydrogen) atoms. The minimum Gasteiger partial charge on any atom is -0.466 e. The number of hydrogen-bond acceptors (Lipinski definition) is 2. The molecule has 0 saturated heterocycles. The van der Waals surface area contributed by atoms with Gasteiger partial charge < -0.3 is 4.74 Å². The number of hydrogen-bond donors (Lipinski definition) is 0. The van der Waals surface area contributed by atoms with Gasteiger partial charge in [-0.3, -0.25) is 4.79 Å². The molecular weight excluding hydrogens is 327 g/mol. The molecule has 3 heteroatoms. The number of unbranched alkanes of at least 4 members (excludes halogenated alkanes) is 14. The molecule has 0 unspecified atom stereocenters. The van der Waals surface area contributed by atoms with Crippen LogP contribution in [0.5, 0.6) is 0 Å². The first-order chi connectivity index (χ1) is 10.8. The molecule has 0 aromatic carbocycles. The number of ether oxygens (including phenoxy) is 1. The summed E-state index contributed by atoms with van der Waals surface area (Å²) in [7, 11) is 0. The third-order valence-electron chi connectivity index (χ3n) is 4.29. The summed E-state index contributed by atoms with van der Waals surface area (Å²) >= 11 is 0. The Morgan fingerprint density at radius 2 is 0.957 bits per heavy atom. The molecule has 0 aliphatic carbocycles. The Morgan fingerprint density at radius 3 is 1.30 bits per heavy atom. The van der Waals surface area contributed by atoms with Crippen molar-refractivity contribution in [2.24, 2.45) is 0 Å². The molecule has 2 nitrogen and oxygen atoms in total. The van der Waals surface area contributed by atoms with E-state index < -0.39 is 0 Å². The van der Waals surface area contributed by atoms with Crippen molar-refractivity contribution < 1.29 is 26.6 Å². The second-order valence-electron chi connectivity index (χ2n) is 6.50. The fourth-order valence-electron chi connectivity index (χ4n) is 2.87. The maximum atomic E-state index is 11.2. The first-order valence-electron chi connectivity index (χ1n) is 9.96. The predicted molar refractivity (Wildman–Crippen MR) is 96.2 cm³/mol. The fourth-order valence-corrected chi connectivity index (χ4v) is 2.87. The number of esters is 1. The molecule has 0 aromatic heterocycles. The average molecular weight is 367 g/mol. The van der Waals surface area contributed by atoms with Crippen LogP contribution in [-0.4, -0.2) is 12.6 Å². The molecular formula is C20H40MnO2. The van der Waals surface area contributed by atoms with Gasteiger partial charge in [0.25, 0.3) is 0 Å². The molecule has 0 aliphatic heterocycles. The van der Waals surface area contributed by atoms with Crippen molar-refractivity contribution in [1.29, 1.82) is 0 Å². The maximum Gasteiger partial charge on any atom is 0.305 e.